The number of rotatable bonds is 3. The molecule has 2 nitrogen and oxygen atoms in total. The molecule has 0 unspecified atom stereocenters. The highest BCUT2D eigenvalue weighted by Gasteiger charge is 2.03. The van der Waals surface area contributed by atoms with Crippen molar-refractivity contribution in [1.29, 1.82) is 0 Å². The third kappa shape index (κ3) is 2.80. The zero-order valence-electron chi connectivity index (χ0n) is 8.50. The Morgan fingerprint density at radius 1 is 1.40 bits per heavy atom. The van der Waals surface area contributed by atoms with Crippen molar-refractivity contribution in [3.63, 3.8) is 0 Å². The van der Waals surface area contributed by atoms with Crippen molar-refractivity contribution in [2.45, 2.75) is 20.4 Å². The fourth-order valence-corrected chi connectivity index (χ4v) is 3.44. The van der Waals surface area contributed by atoms with Gasteiger partial charge in [-0.1, -0.05) is 0 Å². The van der Waals surface area contributed by atoms with Crippen molar-refractivity contribution in [1.82, 2.24) is 4.98 Å². The zero-order valence-corrected chi connectivity index (χ0v) is 11.7. The van der Waals surface area contributed by atoms with E-state index >= 15 is 0 Å². The minimum atomic E-state index is 0.851. The largest absolute Gasteiger partial charge is 0.357 e. The molecule has 2 rings (SSSR count). The number of nitrogens with one attached hydrogen (secondary N) is 1. The summed E-state index contributed by atoms with van der Waals surface area (Å²) >= 11 is 6.98. The van der Waals surface area contributed by atoms with Gasteiger partial charge in [0.25, 0.3) is 0 Å². The third-order valence-electron chi connectivity index (χ3n) is 1.94. The smallest absolute Gasteiger partial charge is 0.183 e. The number of aromatic nitrogens is 1. The average molecular weight is 303 g/mol. The van der Waals surface area contributed by atoms with Crippen LogP contribution >= 0.6 is 38.6 Å². The van der Waals surface area contributed by atoms with Gasteiger partial charge in [-0.15, -0.1) is 22.7 Å². The minimum Gasteiger partial charge on any atom is -0.357 e. The Bertz CT molecular complexity index is 442. The Labute approximate surface area is 106 Å². The molecular formula is C10H11BrN2S2. The molecule has 80 valence electrons. The van der Waals surface area contributed by atoms with E-state index in [2.05, 4.69) is 46.1 Å². The molecule has 0 aliphatic carbocycles. The van der Waals surface area contributed by atoms with Crippen LogP contribution in [0.1, 0.15) is 15.3 Å². The quantitative estimate of drug-likeness (QED) is 0.919. The summed E-state index contributed by atoms with van der Waals surface area (Å²) < 4.78 is 1.22. The Morgan fingerprint density at radius 3 is 2.73 bits per heavy atom. The van der Waals surface area contributed by atoms with Crippen LogP contribution in [0.2, 0.25) is 0 Å². The highest BCUT2D eigenvalue weighted by Crippen LogP contribution is 2.28. The van der Waals surface area contributed by atoms with Gasteiger partial charge in [-0.05, 0) is 41.4 Å². The van der Waals surface area contributed by atoms with E-state index in [0.717, 1.165) is 11.7 Å². The molecule has 0 bridgehead atoms. The summed E-state index contributed by atoms with van der Waals surface area (Å²) in [6, 6.07) is 2.20. The standard InChI is InChI=1S/C10H11BrN2S2/c1-6-3-8(15-9(6)11)5-13-10-12-4-7(2)14-10/h3-4H,5H2,1-2H3,(H,12,13). The number of nitrogens with zero attached hydrogens (tertiary/aromatic N) is 1. The number of thiophene rings is 1. The number of thiazole rings is 1. The highest BCUT2D eigenvalue weighted by atomic mass is 79.9. The normalized spacial score (nSPS) is 10.6. The lowest BCUT2D eigenvalue weighted by Gasteiger charge is -1.98. The van der Waals surface area contributed by atoms with Crippen LogP contribution in [0.15, 0.2) is 16.0 Å². The molecule has 0 amide bonds. The SMILES string of the molecule is Cc1cnc(NCc2cc(C)c(Br)s2)s1. The van der Waals surface area contributed by atoms with Crippen LogP contribution < -0.4 is 5.32 Å². The number of hydrogen-bond acceptors (Lipinski definition) is 4. The lowest BCUT2D eigenvalue weighted by Crippen LogP contribution is -1.95. The topological polar surface area (TPSA) is 24.9 Å². The Hall–Kier alpha value is -0.390. The molecule has 1 N–H and O–H groups in total. The molecule has 0 atom stereocenters. The Morgan fingerprint density at radius 2 is 2.20 bits per heavy atom. The predicted molar refractivity (Wildman–Crippen MR) is 70.9 cm³/mol. The first kappa shape index (κ1) is 11.1. The molecule has 5 heteroatoms. The molecule has 0 saturated heterocycles. The molecule has 0 radical (unpaired) electrons. The molecule has 0 saturated carbocycles. The molecule has 2 aromatic rings. The number of anilines is 1. The summed E-state index contributed by atoms with van der Waals surface area (Å²) in [7, 11) is 0. The van der Waals surface area contributed by atoms with Gasteiger partial charge in [0.05, 0.1) is 10.3 Å². The lowest BCUT2D eigenvalue weighted by molar-refractivity contribution is 1.17. The lowest BCUT2D eigenvalue weighted by atomic mass is 10.3. The predicted octanol–water partition coefficient (Wildman–Crippen LogP) is 4.20. The van der Waals surface area contributed by atoms with Crippen molar-refractivity contribution in [3.8, 4) is 0 Å². The number of aryl methyl sites for hydroxylation is 2. The van der Waals surface area contributed by atoms with Gasteiger partial charge >= 0.3 is 0 Å². The van der Waals surface area contributed by atoms with Gasteiger partial charge < -0.3 is 5.32 Å². The van der Waals surface area contributed by atoms with Crippen molar-refractivity contribution < 1.29 is 0 Å². The third-order valence-corrected chi connectivity index (χ3v) is 4.95. The number of hydrogen-bond donors (Lipinski definition) is 1. The molecule has 0 aromatic carbocycles. The van der Waals surface area contributed by atoms with Gasteiger partial charge in [-0.25, -0.2) is 4.98 Å². The first-order chi connectivity index (χ1) is 7.15. The van der Waals surface area contributed by atoms with E-state index in [9.17, 15) is 0 Å². The van der Waals surface area contributed by atoms with Crippen LogP contribution in [0.3, 0.4) is 0 Å². The summed E-state index contributed by atoms with van der Waals surface area (Å²) in [6.45, 7) is 5.02. The summed E-state index contributed by atoms with van der Waals surface area (Å²) in [5, 5.41) is 4.31. The van der Waals surface area contributed by atoms with E-state index in [1.165, 1.54) is 19.1 Å². The summed E-state index contributed by atoms with van der Waals surface area (Å²) in [4.78, 5) is 6.82. The van der Waals surface area contributed by atoms with E-state index in [-0.39, 0.29) is 0 Å². The first-order valence-corrected chi connectivity index (χ1v) is 6.99. The van der Waals surface area contributed by atoms with Crippen molar-refractivity contribution in [2.75, 3.05) is 5.32 Å². The summed E-state index contributed by atoms with van der Waals surface area (Å²) in [5.41, 5.74) is 1.30. The van der Waals surface area contributed by atoms with Crippen LogP contribution in [0.5, 0.6) is 0 Å². The molecule has 0 aliphatic heterocycles. The van der Waals surface area contributed by atoms with E-state index < -0.39 is 0 Å². The summed E-state index contributed by atoms with van der Waals surface area (Å²) in [6.07, 6.45) is 1.89. The maximum absolute atomic E-state index is 4.26. The second kappa shape index (κ2) is 4.63. The van der Waals surface area contributed by atoms with E-state index in [0.29, 0.717) is 0 Å². The molecular weight excluding hydrogens is 292 g/mol. The van der Waals surface area contributed by atoms with Gasteiger partial charge in [0.1, 0.15) is 0 Å². The molecule has 0 fully saturated rings. The fraction of sp³-hybridized carbons (Fsp3) is 0.300. The van der Waals surface area contributed by atoms with Crippen molar-refractivity contribution in [2.24, 2.45) is 0 Å². The van der Waals surface area contributed by atoms with Gasteiger partial charge in [0.15, 0.2) is 5.13 Å². The molecule has 2 heterocycles. The molecule has 0 spiro atoms. The Balaban J connectivity index is 1.99. The van der Waals surface area contributed by atoms with Gasteiger partial charge in [0.2, 0.25) is 0 Å². The van der Waals surface area contributed by atoms with Crippen LogP contribution in [-0.4, -0.2) is 4.98 Å². The van der Waals surface area contributed by atoms with E-state index in [1.54, 1.807) is 22.7 Å². The van der Waals surface area contributed by atoms with E-state index in [4.69, 9.17) is 0 Å². The molecule has 0 aliphatic rings. The highest BCUT2D eigenvalue weighted by molar-refractivity contribution is 9.11. The molecule has 2 aromatic heterocycles. The fourth-order valence-electron chi connectivity index (χ4n) is 1.21. The Kier molecular flexibility index (Phi) is 3.43. The monoisotopic (exact) mass is 302 g/mol. The van der Waals surface area contributed by atoms with Crippen LogP contribution in [-0.2, 0) is 6.54 Å². The van der Waals surface area contributed by atoms with Gasteiger partial charge in [-0.2, -0.15) is 0 Å². The minimum absolute atomic E-state index is 0.851. The van der Waals surface area contributed by atoms with Gasteiger partial charge in [-0.3, -0.25) is 0 Å². The first-order valence-electron chi connectivity index (χ1n) is 4.56. The van der Waals surface area contributed by atoms with Gasteiger partial charge in [0, 0.05) is 16.0 Å². The maximum Gasteiger partial charge on any atom is 0.183 e. The van der Waals surface area contributed by atoms with Crippen LogP contribution in [0, 0.1) is 13.8 Å². The second-order valence-electron chi connectivity index (χ2n) is 3.30. The second-order valence-corrected chi connectivity index (χ2v) is 6.99. The van der Waals surface area contributed by atoms with Crippen LogP contribution in [0.25, 0.3) is 0 Å². The van der Waals surface area contributed by atoms with E-state index in [1.807, 2.05) is 6.20 Å². The van der Waals surface area contributed by atoms with Crippen molar-refractivity contribution in [3.05, 3.63) is 31.4 Å². The average Bonchev–Trinajstić information content (AvgIpc) is 2.72. The zero-order chi connectivity index (χ0) is 10.8. The van der Waals surface area contributed by atoms with Crippen LogP contribution in [0.4, 0.5) is 5.13 Å². The van der Waals surface area contributed by atoms with Crippen molar-refractivity contribution >= 4 is 43.7 Å². The number of halogens is 1. The summed E-state index contributed by atoms with van der Waals surface area (Å²) in [5.74, 6) is 0. The molecule has 15 heavy (non-hydrogen) atoms. The maximum atomic E-state index is 4.26.